The highest BCUT2D eigenvalue weighted by Crippen LogP contribution is 2.24. The van der Waals surface area contributed by atoms with Gasteiger partial charge in [-0.25, -0.2) is 0 Å². The zero-order valence-corrected chi connectivity index (χ0v) is 9.68. The minimum absolute atomic E-state index is 1.01. The van der Waals surface area contributed by atoms with E-state index in [1.807, 2.05) is 6.92 Å². The first-order valence-electron chi connectivity index (χ1n) is 5.37. The fraction of sp³-hybridized carbons (Fsp3) is 0.538. The van der Waals surface area contributed by atoms with Gasteiger partial charge in [-0.15, -0.1) is 0 Å². The van der Waals surface area contributed by atoms with Crippen LogP contribution in [0.2, 0.25) is 0 Å². The van der Waals surface area contributed by atoms with Crippen LogP contribution in [0.5, 0.6) is 0 Å². The highest BCUT2D eigenvalue weighted by Gasteiger charge is 2.08. The fourth-order valence-corrected chi connectivity index (χ4v) is 1.46. The maximum atomic E-state index is 5.66. The number of rotatable bonds is 3. The van der Waals surface area contributed by atoms with E-state index < -0.39 is 0 Å². The molecule has 0 spiro atoms. The van der Waals surface area contributed by atoms with E-state index >= 15 is 0 Å². The summed E-state index contributed by atoms with van der Waals surface area (Å²) in [5.41, 5.74) is 2.65. The predicted molar refractivity (Wildman–Crippen MR) is 60.8 cm³/mol. The lowest BCUT2D eigenvalue weighted by molar-refractivity contribution is 0.285. The lowest BCUT2D eigenvalue weighted by Gasteiger charge is -2.16. The predicted octanol–water partition coefficient (Wildman–Crippen LogP) is 4.33. The molecule has 0 fully saturated rings. The molecule has 1 aliphatic rings. The van der Waals surface area contributed by atoms with Crippen molar-refractivity contribution >= 4 is 0 Å². The van der Waals surface area contributed by atoms with Crippen molar-refractivity contribution in [3.63, 3.8) is 0 Å². The first-order chi connectivity index (χ1) is 6.63. The summed E-state index contributed by atoms with van der Waals surface area (Å²) < 4.78 is 5.66. The van der Waals surface area contributed by atoms with Gasteiger partial charge in [0.1, 0.15) is 11.5 Å². The molecule has 14 heavy (non-hydrogen) atoms. The Balaban J connectivity index is 2.75. The smallest absolute Gasteiger partial charge is 0.104 e. The molecule has 1 heterocycles. The average molecular weight is 192 g/mol. The highest BCUT2D eigenvalue weighted by atomic mass is 16.5. The molecule has 0 aliphatic carbocycles. The van der Waals surface area contributed by atoms with E-state index in [2.05, 4.69) is 32.9 Å². The van der Waals surface area contributed by atoms with Crippen LogP contribution >= 0.6 is 0 Å². The molecule has 0 aromatic heterocycles. The van der Waals surface area contributed by atoms with E-state index in [0.717, 1.165) is 17.9 Å². The molecule has 0 bridgehead atoms. The summed E-state index contributed by atoms with van der Waals surface area (Å²) in [6.07, 6.45) is 7.74. The second-order valence-electron chi connectivity index (χ2n) is 4.03. The Bertz CT molecular complexity index is 288. The van der Waals surface area contributed by atoms with Crippen molar-refractivity contribution in [3.8, 4) is 0 Å². The third-order valence-electron chi connectivity index (χ3n) is 2.32. The molecule has 0 N–H and O–H groups in total. The molecule has 1 heteroatoms. The lowest BCUT2D eigenvalue weighted by Crippen LogP contribution is -1.98. The average Bonchev–Trinajstić information content (AvgIpc) is 2.14. The third-order valence-corrected chi connectivity index (χ3v) is 2.32. The van der Waals surface area contributed by atoms with Gasteiger partial charge in [-0.2, -0.15) is 0 Å². The zero-order valence-electron chi connectivity index (χ0n) is 9.68. The molecule has 0 saturated heterocycles. The van der Waals surface area contributed by atoms with Gasteiger partial charge in [-0.05, 0) is 44.9 Å². The molecule has 0 aromatic rings. The van der Waals surface area contributed by atoms with E-state index in [0.29, 0.717) is 0 Å². The molecule has 1 nitrogen and oxygen atoms in total. The van der Waals surface area contributed by atoms with Gasteiger partial charge < -0.3 is 4.74 Å². The summed E-state index contributed by atoms with van der Waals surface area (Å²) in [6, 6.07) is 0. The van der Waals surface area contributed by atoms with Gasteiger partial charge in [0.05, 0.1) is 0 Å². The van der Waals surface area contributed by atoms with Crippen LogP contribution in [-0.2, 0) is 4.74 Å². The minimum Gasteiger partial charge on any atom is -0.466 e. The minimum atomic E-state index is 1.01. The first-order valence-corrected chi connectivity index (χ1v) is 5.37. The van der Waals surface area contributed by atoms with E-state index in [1.165, 1.54) is 24.0 Å². The number of allylic oxidation sites excluding steroid dienone is 6. The van der Waals surface area contributed by atoms with Crippen molar-refractivity contribution in [1.29, 1.82) is 0 Å². The monoisotopic (exact) mass is 192 g/mol. The molecule has 0 aromatic carbocycles. The van der Waals surface area contributed by atoms with Crippen LogP contribution in [-0.4, -0.2) is 0 Å². The van der Waals surface area contributed by atoms with Crippen molar-refractivity contribution in [1.82, 2.24) is 0 Å². The second kappa shape index (κ2) is 5.04. The Morgan fingerprint density at radius 3 is 2.57 bits per heavy atom. The van der Waals surface area contributed by atoms with Crippen LogP contribution in [0, 0.1) is 0 Å². The van der Waals surface area contributed by atoms with Crippen LogP contribution < -0.4 is 0 Å². The molecule has 0 unspecified atom stereocenters. The number of ether oxygens (including phenoxy) is 1. The van der Waals surface area contributed by atoms with Crippen molar-refractivity contribution in [2.24, 2.45) is 0 Å². The van der Waals surface area contributed by atoms with Crippen LogP contribution in [0.15, 0.2) is 34.8 Å². The van der Waals surface area contributed by atoms with Gasteiger partial charge in [0.25, 0.3) is 0 Å². The van der Waals surface area contributed by atoms with Crippen molar-refractivity contribution < 1.29 is 4.74 Å². The molecule has 0 radical (unpaired) electrons. The summed E-state index contributed by atoms with van der Waals surface area (Å²) in [5, 5.41) is 0. The van der Waals surface area contributed by atoms with Gasteiger partial charge in [0.15, 0.2) is 0 Å². The van der Waals surface area contributed by atoms with Crippen LogP contribution in [0.1, 0.15) is 47.0 Å². The molecule has 0 atom stereocenters. The van der Waals surface area contributed by atoms with Crippen LogP contribution in [0.3, 0.4) is 0 Å². The Morgan fingerprint density at radius 2 is 2.00 bits per heavy atom. The highest BCUT2D eigenvalue weighted by molar-refractivity contribution is 5.39. The van der Waals surface area contributed by atoms with Gasteiger partial charge >= 0.3 is 0 Å². The zero-order chi connectivity index (χ0) is 10.6. The van der Waals surface area contributed by atoms with E-state index in [4.69, 9.17) is 4.74 Å². The Labute approximate surface area is 87.2 Å². The Kier molecular flexibility index (Phi) is 3.99. The van der Waals surface area contributed by atoms with Crippen molar-refractivity contribution in [3.05, 3.63) is 34.8 Å². The second-order valence-corrected chi connectivity index (χ2v) is 4.03. The summed E-state index contributed by atoms with van der Waals surface area (Å²) >= 11 is 0. The molecule has 78 valence electrons. The normalized spacial score (nSPS) is 15.9. The number of hydrogen-bond donors (Lipinski definition) is 0. The SMILES string of the molecule is CCCCC1=CC(=C(C)C)C=C(C)O1. The van der Waals surface area contributed by atoms with E-state index in [9.17, 15) is 0 Å². The molecule has 0 saturated carbocycles. The van der Waals surface area contributed by atoms with Crippen molar-refractivity contribution in [2.75, 3.05) is 0 Å². The van der Waals surface area contributed by atoms with Gasteiger partial charge in [0.2, 0.25) is 0 Å². The molecule has 0 amide bonds. The summed E-state index contributed by atoms with van der Waals surface area (Å²) in [6.45, 7) is 8.49. The van der Waals surface area contributed by atoms with E-state index in [1.54, 1.807) is 0 Å². The fourth-order valence-electron chi connectivity index (χ4n) is 1.46. The van der Waals surface area contributed by atoms with E-state index in [-0.39, 0.29) is 0 Å². The molecule has 1 rings (SSSR count). The standard InChI is InChI=1S/C13H20O/c1-5-6-7-13-9-12(10(2)3)8-11(4)14-13/h8-9H,5-7H2,1-4H3. The Morgan fingerprint density at radius 1 is 1.29 bits per heavy atom. The maximum Gasteiger partial charge on any atom is 0.104 e. The summed E-state index contributed by atoms with van der Waals surface area (Å²) in [7, 11) is 0. The van der Waals surface area contributed by atoms with Gasteiger partial charge in [-0.3, -0.25) is 0 Å². The van der Waals surface area contributed by atoms with Crippen molar-refractivity contribution in [2.45, 2.75) is 47.0 Å². The topological polar surface area (TPSA) is 9.23 Å². The van der Waals surface area contributed by atoms with Crippen LogP contribution in [0.25, 0.3) is 0 Å². The number of unbranched alkanes of at least 4 members (excludes halogenated alkanes) is 1. The first kappa shape index (κ1) is 11.1. The summed E-state index contributed by atoms with van der Waals surface area (Å²) in [5.74, 6) is 2.12. The van der Waals surface area contributed by atoms with Gasteiger partial charge in [0, 0.05) is 6.42 Å². The molecular formula is C13H20O. The molecule has 1 aliphatic heterocycles. The van der Waals surface area contributed by atoms with Crippen LogP contribution in [0.4, 0.5) is 0 Å². The maximum absolute atomic E-state index is 5.66. The van der Waals surface area contributed by atoms with Gasteiger partial charge in [-0.1, -0.05) is 18.9 Å². The summed E-state index contributed by atoms with van der Waals surface area (Å²) in [4.78, 5) is 0. The number of hydrogen-bond acceptors (Lipinski definition) is 1. The molecular weight excluding hydrogens is 172 g/mol. The Hall–Kier alpha value is -0.980. The largest absolute Gasteiger partial charge is 0.466 e. The quantitative estimate of drug-likeness (QED) is 0.646. The lowest BCUT2D eigenvalue weighted by atomic mass is 10.1. The third kappa shape index (κ3) is 3.06.